The number of carbonyl (C=O) groups excluding carboxylic acids is 1. The summed E-state index contributed by atoms with van der Waals surface area (Å²) in [4.78, 5) is 30.5. The molecule has 0 spiro atoms. The van der Waals surface area contributed by atoms with E-state index >= 15 is 0 Å². The van der Waals surface area contributed by atoms with E-state index in [1.165, 1.54) is 44.2 Å². The quantitative estimate of drug-likeness (QED) is 0.193. The third-order valence-electron chi connectivity index (χ3n) is 5.29. The van der Waals surface area contributed by atoms with Gasteiger partial charge in [0.25, 0.3) is 0 Å². The minimum absolute atomic E-state index is 0.0905. The molecule has 2 aromatic rings. The zero-order chi connectivity index (χ0) is 23.9. The van der Waals surface area contributed by atoms with E-state index in [2.05, 4.69) is 23.5 Å². The van der Waals surface area contributed by atoms with Gasteiger partial charge in [0.15, 0.2) is 5.69 Å². The van der Waals surface area contributed by atoms with Gasteiger partial charge in [-0.05, 0) is 49.9 Å². The van der Waals surface area contributed by atoms with Gasteiger partial charge in [-0.25, -0.2) is 14.6 Å². The molecule has 1 unspecified atom stereocenters. The topological polar surface area (TPSA) is 98.6 Å². The average Bonchev–Trinajstić information content (AvgIpc) is 2.84. The lowest BCUT2D eigenvalue weighted by Gasteiger charge is -2.17. The number of carboxylic acids is 1. The molecule has 1 aromatic heterocycles. The summed E-state index contributed by atoms with van der Waals surface area (Å²) < 4.78 is 11.3. The van der Waals surface area contributed by atoms with Crippen LogP contribution in [0.2, 0.25) is 0 Å². The van der Waals surface area contributed by atoms with Gasteiger partial charge < -0.3 is 14.6 Å². The second-order valence-corrected chi connectivity index (χ2v) is 7.93. The van der Waals surface area contributed by atoms with Gasteiger partial charge >= 0.3 is 11.9 Å². The lowest BCUT2D eigenvalue weighted by Crippen LogP contribution is -2.18. The predicted octanol–water partition coefficient (Wildman–Crippen LogP) is 5.85. The maximum absolute atomic E-state index is 11.6. The summed E-state index contributed by atoms with van der Waals surface area (Å²) in [6, 6.07) is 7.39. The van der Waals surface area contributed by atoms with Crippen molar-refractivity contribution < 1.29 is 24.2 Å². The molecular formula is C26H34N2O5. The molecule has 0 saturated heterocycles. The van der Waals surface area contributed by atoms with E-state index in [0.717, 1.165) is 43.4 Å². The SMILES string of the molecule is C=CC(=O)OC(CCCCCCCC)CCCOc1ccc(-c2cnc(C(=O)O)cn2)cc1. The molecule has 0 saturated carbocycles. The number of hydrogen-bond acceptors (Lipinski definition) is 6. The fourth-order valence-electron chi connectivity index (χ4n) is 3.44. The Labute approximate surface area is 195 Å². The molecule has 0 aliphatic heterocycles. The number of nitrogens with zero attached hydrogens (tertiary/aromatic N) is 2. The van der Waals surface area contributed by atoms with Crippen molar-refractivity contribution >= 4 is 11.9 Å². The smallest absolute Gasteiger partial charge is 0.356 e. The molecule has 33 heavy (non-hydrogen) atoms. The third kappa shape index (κ3) is 9.85. The van der Waals surface area contributed by atoms with E-state index in [-0.39, 0.29) is 17.8 Å². The van der Waals surface area contributed by atoms with Gasteiger partial charge in [0, 0.05) is 11.6 Å². The number of rotatable bonds is 16. The van der Waals surface area contributed by atoms with Gasteiger partial charge in [-0.3, -0.25) is 4.98 Å². The summed E-state index contributed by atoms with van der Waals surface area (Å²) in [5.41, 5.74) is 1.32. The van der Waals surface area contributed by atoms with Crippen molar-refractivity contribution in [1.29, 1.82) is 0 Å². The Morgan fingerprint density at radius 1 is 1.00 bits per heavy atom. The van der Waals surface area contributed by atoms with Crippen LogP contribution in [0.3, 0.4) is 0 Å². The highest BCUT2D eigenvalue weighted by atomic mass is 16.5. The molecule has 7 heteroatoms. The van der Waals surface area contributed by atoms with Gasteiger partial charge in [-0.15, -0.1) is 0 Å². The largest absolute Gasteiger partial charge is 0.494 e. The van der Waals surface area contributed by atoms with E-state index in [1.807, 2.05) is 24.3 Å². The minimum atomic E-state index is -1.11. The minimum Gasteiger partial charge on any atom is -0.494 e. The Morgan fingerprint density at radius 3 is 2.33 bits per heavy atom. The van der Waals surface area contributed by atoms with E-state index in [4.69, 9.17) is 14.6 Å². The second kappa shape index (κ2) is 14.8. The van der Waals surface area contributed by atoms with Gasteiger partial charge in [-0.2, -0.15) is 0 Å². The Morgan fingerprint density at radius 2 is 1.70 bits per heavy atom. The average molecular weight is 455 g/mol. The Balaban J connectivity index is 1.76. The summed E-state index contributed by atoms with van der Waals surface area (Å²) >= 11 is 0. The molecule has 1 heterocycles. The number of aromatic carboxylic acids is 1. The van der Waals surface area contributed by atoms with Gasteiger partial charge in [0.05, 0.1) is 24.7 Å². The van der Waals surface area contributed by atoms with Crippen molar-refractivity contribution in [3.63, 3.8) is 0 Å². The van der Waals surface area contributed by atoms with Crippen LogP contribution in [0.4, 0.5) is 0 Å². The van der Waals surface area contributed by atoms with Crippen LogP contribution in [-0.2, 0) is 9.53 Å². The first kappa shape index (κ1) is 26.0. The number of hydrogen-bond donors (Lipinski definition) is 1. The summed E-state index contributed by atoms with van der Waals surface area (Å²) in [7, 11) is 0. The highest BCUT2D eigenvalue weighted by Gasteiger charge is 2.13. The summed E-state index contributed by atoms with van der Waals surface area (Å²) in [5.74, 6) is -0.752. The Kier molecular flexibility index (Phi) is 11.7. The molecule has 0 bridgehead atoms. The van der Waals surface area contributed by atoms with Crippen LogP contribution in [0.1, 0.15) is 75.2 Å². The second-order valence-electron chi connectivity index (χ2n) is 7.93. The first-order valence-corrected chi connectivity index (χ1v) is 11.6. The number of carboxylic acid groups (broad SMARTS) is 1. The molecule has 0 aliphatic carbocycles. The van der Waals surface area contributed by atoms with Gasteiger partial charge in [0.2, 0.25) is 0 Å². The van der Waals surface area contributed by atoms with Crippen molar-refractivity contribution in [2.75, 3.05) is 6.61 Å². The molecule has 2 rings (SSSR count). The maximum atomic E-state index is 11.6. The number of carbonyl (C=O) groups is 2. The van der Waals surface area contributed by atoms with E-state index < -0.39 is 5.97 Å². The number of ether oxygens (including phenoxy) is 2. The zero-order valence-corrected chi connectivity index (χ0v) is 19.4. The molecule has 0 radical (unpaired) electrons. The molecule has 178 valence electrons. The molecule has 1 N–H and O–H groups in total. The highest BCUT2D eigenvalue weighted by Crippen LogP contribution is 2.21. The van der Waals surface area contributed by atoms with E-state index in [1.54, 1.807) is 0 Å². The molecule has 7 nitrogen and oxygen atoms in total. The fourth-order valence-corrected chi connectivity index (χ4v) is 3.44. The van der Waals surface area contributed by atoms with Crippen molar-refractivity contribution in [2.45, 2.75) is 70.8 Å². The maximum Gasteiger partial charge on any atom is 0.356 e. The van der Waals surface area contributed by atoms with Crippen molar-refractivity contribution in [2.24, 2.45) is 0 Å². The van der Waals surface area contributed by atoms with Crippen LogP contribution < -0.4 is 4.74 Å². The molecule has 1 aromatic carbocycles. The fraction of sp³-hybridized carbons (Fsp3) is 0.462. The first-order valence-electron chi connectivity index (χ1n) is 11.6. The summed E-state index contributed by atoms with van der Waals surface area (Å²) in [6.07, 6.45) is 13.4. The lowest BCUT2D eigenvalue weighted by atomic mass is 10.0. The lowest BCUT2D eigenvalue weighted by molar-refractivity contribution is -0.143. The molecule has 0 aliphatic rings. The summed E-state index contributed by atoms with van der Waals surface area (Å²) in [6.45, 7) is 6.21. The van der Waals surface area contributed by atoms with Crippen molar-refractivity contribution in [1.82, 2.24) is 9.97 Å². The van der Waals surface area contributed by atoms with Crippen LogP contribution in [0.25, 0.3) is 11.3 Å². The van der Waals surface area contributed by atoms with E-state index in [0.29, 0.717) is 12.3 Å². The van der Waals surface area contributed by atoms with Gasteiger partial charge in [-0.1, -0.05) is 45.6 Å². The van der Waals surface area contributed by atoms with Crippen LogP contribution in [0.15, 0.2) is 49.3 Å². The Hall–Kier alpha value is -3.22. The number of benzene rings is 1. The summed E-state index contributed by atoms with van der Waals surface area (Å²) in [5, 5.41) is 8.91. The zero-order valence-electron chi connectivity index (χ0n) is 19.4. The number of aromatic nitrogens is 2. The van der Waals surface area contributed by atoms with Crippen molar-refractivity contribution in [3.8, 4) is 17.0 Å². The standard InChI is InChI=1S/C26H34N2O5/c1-3-5-6-7-8-9-11-22(33-25(29)4-2)12-10-17-32-21-15-13-20(14-16-21)23-18-28-24(19-27-23)26(30)31/h4,13-16,18-19,22H,2-3,5-12,17H2,1H3,(H,30,31). The van der Waals surface area contributed by atoms with Crippen LogP contribution in [-0.4, -0.2) is 39.7 Å². The molecule has 1 atom stereocenters. The number of esters is 1. The van der Waals surface area contributed by atoms with Crippen LogP contribution in [0.5, 0.6) is 5.75 Å². The molecule has 0 fully saturated rings. The van der Waals surface area contributed by atoms with E-state index in [9.17, 15) is 9.59 Å². The van der Waals surface area contributed by atoms with Crippen LogP contribution in [0, 0.1) is 0 Å². The third-order valence-corrected chi connectivity index (χ3v) is 5.29. The van der Waals surface area contributed by atoms with Crippen molar-refractivity contribution in [3.05, 3.63) is 55.0 Å². The molecule has 0 amide bonds. The van der Waals surface area contributed by atoms with Crippen LogP contribution >= 0.6 is 0 Å². The highest BCUT2D eigenvalue weighted by molar-refractivity contribution is 5.85. The normalized spacial score (nSPS) is 11.5. The first-order chi connectivity index (χ1) is 16.0. The monoisotopic (exact) mass is 454 g/mol. The molecular weight excluding hydrogens is 420 g/mol. The number of unbranched alkanes of at least 4 members (excludes halogenated alkanes) is 5. The predicted molar refractivity (Wildman–Crippen MR) is 127 cm³/mol. The van der Waals surface area contributed by atoms with Gasteiger partial charge in [0.1, 0.15) is 11.9 Å². The Bertz CT molecular complexity index is 865.